The Morgan fingerprint density at radius 1 is 1.10 bits per heavy atom. The van der Waals surface area contributed by atoms with Crippen LogP contribution in [0.15, 0.2) is 12.1 Å². The average Bonchev–Trinajstić information content (AvgIpc) is 2.36. The Morgan fingerprint density at radius 3 is 2.00 bits per heavy atom. The van der Waals surface area contributed by atoms with Crippen molar-refractivity contribution in [2.45, 2.75) is 66.2 Å². The van der Waals surface area contributed by atoms with Crippen molar-refractivity contribution in [1.29, 1.82) is 0 Å². The van der Waals surface area contributed by atoms with Crippen molar-refractivity contribution >= 4 is 13.6 Å². The molecule has 0 radical (unpaired) electrons. The summed E-state index contributed by atoms with van der Waals surface area (Å²) in [6.07, 6.45) is 0. The van der Waals surface area contributed by atoms with Gasteiger partial charge in [-0.25, -0.2) is 0 Å². The molecule has 116 valence electrons. The van der Waals surface area contributed by atoms with Crippen LogP contribution in [0.3, 0.4) is 0 Å². The Hall–Kier alpha value is 0.123. The maximum absolute atomic E-state index is 5.94. The Kier molecular flexibility index (Phi) is 8.73. The van der Waals surface area contributed by atoms with E-state index in [4.69, 9.17) is 4.74 Å². The van der Waals surface area contributed by atoms with Crippen LogP contribution in [0.1, 0.15) is 66.5 Å². The summed E-state index contributed by atoms with van der Waals surface area (Å²) in [4.78, 5) is 0. The van der Waals surface area contributed by atoms with Gasteiger partial charge in [-0.2, -0.15) is 17.7 Å². The predicted octanol–water partition coefficient (Wildman–Crippen LogP) is 5.96. The summed E-state index contributed by atoms with van der Waals surface area (Å²) in [5.74, 6) is 1.44. The molecule has 0 aliphatic heterocycles. The van der Waals surface area contributed by atoms with Crippen molar-refractivity contribution in [3.05, 3.63) is 29.3 Å². The summed E-state index contributed by atoms with van der Waals surface area (Å²) in [5.41, 5.74) is 2.78. The summed E-state index contributed by atoms with van der Waals surface area (Å²) in [5, 5.41) is 0. The second-order valence-electron chi connectivity index (χ2n) is 7.84. The summed E-state index contributed by atoms with van der Waals surface area (Å²) in [6, 6.07) is 7.71. The summed E-state index contributed by atoms with van der Waals surface area (Å²) in [6.45, 7) is 18.5. The van der Waals surface area contributed by atoms with Crippen molar-refractivity contribution in [2.24, 2.45) is 5.92 Å². The zero-order chi connectivity index (χ0) is 16.8. The quantitative estimate of drug-likeness (QED) is 0.444. The monoisotopic (exact) mass is 404 g/mol. The molecule has 1 nitrogen and oxygen atoms in total. The fraction of sp³-hybridized carbons (Fsp3) is 0.667. The first-order chi connectivity index (χ1) is 9.51. The Balaban J connectivity index is 0.00000191. The molecular weight excluding hydrogens is 377 g/mol. The number of benzene rings is 1. The first kappa shape index (κ1) is 21.1. The van der Waals surface area contributed by atoms with E-state index in [1.54, 1.807) is 0 Å². The Labute approximate surface area is 148 Å². The van der Waals surface area contributed by atoms with Crippen molar-refractivity contribution in [3.63, 3.8) is 0 Å². The van der Waals surface area contributed by atoms with E-state index in [2.05, 4.69) is 87.2 Å². The Bertz CT molecular complexity index is 428. The van der Waals surface area contributed by atoms with Crippen LogP contribution in [0.25, 0.3) is 0 Å². The van der Waals surface area contributed by atoms with Gasteiger partial charge in [0.25, 0.3) is 0 Å². The summed E-state index contributed by atoms with van der Waals surface area (Å²) >= 11 is 4.25. The van der Waals surface area contributed by atoms with Gasteiger partial charge in [0.1, 0.15) is 0 Å². The molecule has 1 rings (SSSR count). The molecule has 0 amide bonds. The average molecular weight is 407 g/mol. The van der Waals surface area contributed by atoms with Gasteiger partial charge in [-0.15, -0.1) is 11.6 Å². The SMILES string of the molecule is CC(C)COc1[c-]cc(C(C)(C)C)cc1C(C)(C)C.[Zn+][Br]. The predicted molar refractivity (Wildman–Crippen MR) is 91.9 cm³/mol. The van der Waals surface area contributed by atoms with Crippen molar-refractivity contribution in [1.82, 2.24) is 0 Å². The van der Waals surface area contributed by atoms with Crippen molar-refractivity contribution in [3.8, 4) is 5.75 Å². The van der Waals surface area contributed by atoms with Crippen LogP contribution in [0.2, 0.25) is 0 Å². The van der Waals surface area contributed by atoms with E-state index in [1.165, 1.54) is 27.5 Å². The van der Waals surface area contributed by atoms with Gasteiger partial charge in [-0.1, -0.05) is 66.2 Å². The molecule has 21 heavy (non-hydrogen) atoms. The van der Waals surface area contributed by atoms with Gasteiger partial charge in [0.15, 0.2) is 0 Å². The van der Waals surface area contributed by atoms with Gasteiger partial charge in [0, 0.05) is 5.75 Å². The summed E-state index contributed by atoms with van der Waals surface area (Å²) < 4.78 is 5.94. The van der Waals surface area contributed by atoms with Crippen LogP contribution in [0.5, 0.6) is 5.75 Å². The number of hydrogen-bond acceptors (Lipinski definition) is 1. The maximum atomic E-state index is 5.94. The van der Waals surface area contributed by atoms with E-state index in [1.807, 2.05) is 0 Å². The standard InChI is InChI=1S/C18H29O.BrH.Zn/c1-13(2)12-19-16-10-9-14(17(3,4)5)11-15(16)18(6,7)8;;/h9,11,13H,12H2,1-8H3;1H;/q-1;;+2/p-1. The molecule has 3 heteroatoms. The molecule has 0 bridgehead atoms. The topological polar surface area (TPSA) is 9.23 Å². The van der Waals surface area contributed by atoms with E-state index < -0.39 is 0 Å². The van der Waals surface area contributed by atoms with Gasteiger partial charge in [0.2, 0.25) is 0 Å². The molecule has 0 atom stereocenters. The van der Waals surface area contributed by atoms with Gasteiger partial charge in [-0.3, -0.25) is 0 Å². The molecule has 0 saturated carbocycles. The van der Waals surface area contributed by atoms with E-state index >= 15 is 0 Å². The van der Waals surface area contributed by atoms with Crippen LogP contribution in [-0.4, -0.2) is 6.61 Å². The molecule has 0 aliphatic carbocycles. The number of rotatable bonds is 3. The zero-order valence-electron chi connectivity index (χ0n) is 14.9. The Morgan fingerprint density at radius 2 is 1.62 bits per heavy atom. The van der Waals surface area contributed by atoms with Gasteiger partial charge in [-0.05, 0) is 5.92 Å². The fourth-order valence-corrected chi connectivity index (χ4v) is 1.84. The molecular formula is C18H29BrOZn. The van der Waals surface area contributed by atoms with Gasteiger partial charge >= 0.3 is 30.0 Å². The van der Waals surface area contributed by atoms with E-state index in [0.29, 0.717) is 5.92 Å². The normalized spacial score (nSPS) is 12.0. The van der Waals surface area contributed by atoms with Crippen molar-refractivity contribution in [2.75, 3.05) is 6.61 Å². The number of hydrogen-bond donors (Lipinski definition) is 0. The van der Waals surface area contributed by atoms with E-state index in [-0.39, 0.29) is 10.8 Å². The molecule has 1 aromatic carbocycles. The molecule has 1 aromatic rings. The van der Waals surface area contributed by atoms with Crippen LogP contribution in [-0.2, 0) is 27.2 Å². The minimum atomic E-state index is 0.0735. The first-order valence-electron chi connectivity index (χ1n) is 7.48. The third kappa shape index (κ3) is 7.28. The van der Waals surface area contributed by atoms with Crippen molar-refractivity contribution < 1.29 is 21.1 Å². The molecule has 0 spiro atoms. The summed E-state index contributed by atoms with van der Waals surface area (Å²) in [7, 11) is 0. The second-order valence-corrected chi connectivity index (χ2v) is 7.84. The van der Waals surface area contributed by atoms with Crippen LogP contribution < -0.4 is 4.74 Å². The minimum absolute atomic E-state index is 0.0735. The van der Waals surface area contributed by atoms with Gasteiger partial charge < -0.3 is 4.74 Å². The third-order valence-corrected chi connectivity index (χ3v) is 3.14. The molecule has 0 unspecified atom stereocenters. The molecule has 0 N–H and O–H groups in total. The molecule has 0 aromatic heterocycles. The van der Waals surface area contributed by atoms with Gasteiger partial charge in [0.05, 0.1) is 6.61 Å². The molecule has 0 fully saturated rings. The molecule has 0 aliphatic rings. The third-order valence-electron chi connectivity index (χ3n) is 3.14. The first-order valence-corrected chi connectivity index (χ1v) is 14.4. The fourth-order valence-electron chi connectivity index (χ4n) is 1.84. The van der Waals surface area contributed by atoms with Crippen LogP contribution in [0, 0.1) is 12.0 Å². The molecule has 0 heterocycles. The van der Waals surface area contributed by atoms with E-state index in [9.17, 15) is 0 Å². The van der Waals surface area contributed by atoms with Crippen LogP contribution >= 0.6 is 13.6 Å². The number of ether oxygens (including phenoxy) is 1. The molecule has 0 saturated heterocycles. The number of halogens is 1. The zero-order valence-corrected chi connectivity index (χ0v) is 19.5. The van der Waals surface area contributed by atoms with E-state index in [0.717, 1.165) is 12.4 Å². The van der Waals surface area contributed by atoms with Crippen LogP contribution in [0.4, 0.5) is 0 Å². The second kappa shape index (κ2) is 8.68.